The summed E-state index contributed by atoms with van der Waals surface area (Å²) >= 11 is 0. The van der Waals surface area contributed by atoms with Gasteiger partial charge in [-0.3, -0.25) is 0 Å². The van der Waals surface area contributed by atoms with E-state index < -0.39 is 11.4 Å². The molecule has 0 aliphatic heterocycles. The molecule has 0 saturated heterocycles. The number of hydrogen-bond donors (Lipinski definition) is 0. The third kappa shape index (κ3) is 1.20. The first-order valence-corrected chi connectivity index (χ1v) is 6.06. The van der Waals surface area contributed by atoms with Crippen LogP contribution in [0.5, 0.6) is 0 Å². The van der Waals surface area contributed by atoms with Gasteiger partial charge in [0.2, 0.25) is 0 Å². The Morgan fingerprint density at radius 2 is 1.60 bits per heavy atom. The summed E-state index contributed by atoms with van der Waals surface area (Å²) in [6.07, 6.45) is 6.35. The Balaban J connectivity index is 2.05. The highest BCUT2D eigenvalue weighted by Gasteiger charge is 2.60. The van der Waals surface area contributed by atoms with Gasteiger partial charge in [0, 0.05) is 11.4 Å². The Morgan fingerprint density at radius 1 is 1.07 bits per heavy atom. The zero-order valence-electron chi connectivity index (χ0n) is 9.64. The molecule has 0 amide bonds. The van der Waals surface area contributed by atoms with Gasteiger partial charge in [-0.25, -0.2) is 0 Å². The normalized spacial score (nSPS) is 57.1. The summed E-state index contributed by atoms with van der Waals surface area (Å²) in [5.41, 5.74) is 0.103. The van der Waals surface area contributed by atoms with E-state index in [-0.39, 0.29) is 10.8 Å². The van der Waals surface area contributed by atoms with Gasteiger partial charge in [0.05, 0.1) is 0 Å². The Bertz CT molecular complexity index is 315. The molecule has 0 aromatic heterocycles. The van der Waals surface area contributed by atoms with Gasteiger partial charge >= 0.3 is 0 Å². The first kappa shape index (κ1) is 9.68. The second-order valence-electron chi connectivity index (χ2n) is 7.20. The SMILES string of the molecule is C[C@]12CC3CC(C(=O)[O-])(C1)C[C@@](C)(C3)C2. The molecular formula is C13H19O2-. The summed E-state index contributed by atoms with van der Waals surface area (Å²) in [4.78, 5) is 11.4. The van der Waals surface area contributed by atoms with Crippen molar-refractivity contribution >= 4 is 5.97 Å². The van der Waals surface area contributed by atoms with E-state index in [2.05, 4.69) is 13.8 Å². The number of carboxylic acids is 1. The Hall–Kier alpha value is -0.530. The van der Waals surface area contributed by atoms with E-state index in [9.17, 15) is 9.90 Å². The third-order valence-corrected chi connectivity index (χ3v) is 5.06. The van der Waals surface area contributed by atoms with Crippen LogP contribution in [-0.2, 0) is 4.79 Å². The van der Waals surface area contributed by atoms with Crippen LogP contribution in [0.25, 0.3) is 0 Å². The van der Waals surface area contributed by atoms with Crippen LogP contribution in [0.3, 0.4) is 0 Å². The van der Waals surface area contributed by atoms with E-state index in [0.717, 1.165) is 19.3 Å². The molecule has 0 radical (unpaired) electrons. The summed E-state index contributed by atoms with van der Waals surface area (Å²) in [7, 11) is 0. The second kappa shape index (κ2) is 2.41. The largest absolute Gasteiger partial charge is 0.550 e. The summed E-state index contributed by atoms with van der Waals surface area (Å²) < 4.78 is 0. The molecule has 4 aliphatic rings. The molecule has 0 heterocycles. The third-order valence-electron chi connectivity index (χ3n) is 5.06. The fraction of sp³-hybridized carbons (Fsp3) is 0.923. The quantitative estimate of drug-likeness (QED) is 0.657. The number of carboxylic acid groups (broad SMARTS) is 1. The highest BCUT2D eigenvalue weighted by Crippen LogP contribution is 2.69. The monoisotopic (exact) mass is 207 g/mol. The first-order valence-electron chi connectivity index (χ1n) is 6.06. The maximum atomic E-state index is 11.4. The van der Waals surface area contributed by atoms with E-state index >= 15 is 0 Å². The van der Waals surface area contributed by atoms with Crippen molar-refractivity contribution < 1.29 is 9.90 Å². The smallest absolute Gasteiger partial charge is 0.0476 e. The number of hydrogen-bond acceptors (Lipinski definition) is 2. The van der Waals surface area contributed by atoms with Gasteiger partial charge in [0.1, 0.15) is 0 Å². The summed E-state index contributed by atoms with van der Waals surface area (Å²) in [5.74, 6) is -0.127. The highest BCUT2D eigenvalue weighted by atomic mass is 16.4. The van der Waals surface area contributed by atoms with Gasteiger partial charge < -0.3 is 9.90 Å². The molecule has 84 valence electrons. The molecular weight excluding hydrogens is 188 g/mol. The Kier molecular flexibility index (Phi) is 1.56. The Morgan fingerprint density at radius 3 is 2.00 bits per heavy atom. The van der Waals surface area contributed by atoms with Gasteiger partial charge in [0.25, 0.3) is 0 Å². The summed E-state index contributed by atoms with van der Waals surface area (Å²) in [6.45, 7) is 4.57. The van der Waals surface area contributed by atoms with Crippen molar-refractivity contribution in [3.63, 3.8) is 0 Å². The average Bonchev–Trinajstić information content (AvgIpc) is 1.95. The number of carbonyl (C=O) groups is 1. The van der Waals surface area contributed by atoms with E-state index in [1.165, 1.54) is 19.3 Å². The van der Waals surface area contributed by atoms with Crippen molar-refractivity contribution in [1.29, 1.82) is 0 Å². The first-order chi connectivity index (χ1) is 6.85. The Labute approximate surface area is 91.1 Å². The topological polar surface area (TPSA) is 40.1 Å². The van der Waals surface area contributed by atoms with E-state index in [1.54, 1.807) is 0 Å². The molecule has 4 fully saturated rings. The fourth-order valence-corrected chi connectivity index (χ4v) is 5.68. The predicted molar refractivity (Wildman–Crippen MR) is 54.8 cm³/mol. The van der Waals surface area contributed by atoms with Crippen molar-refractivity contribution in [3.05, 3.63) is 0 Å². The van der Waals surface area contributed by atoms with Crippen molar-refractivity contribution in [2.24, 2.45) is 22.2 Å². The van der Waals surface area contributed by atoms with Crippen molar-refractivity contribution in [2.45, 2.75) is 52.4 Å². The van der Waals surface area contributed by atoms with Gasteiger partial charge in [-0.05, 0) is 55.3 Å². The number of carbonyl (C=O) groups excluding carboxylic acids is 1. The van der Waals surface area contributed by atoms with Crippen LogP contribution in [0.15, 0.2) is 0 Å². The van der Waals surface area contributed by atoms with Crippen molar-refractivity contribution in [3.8, 4) is 0 Å². The molecule has 4 atom stereocenters. The van der Waals surface area contributed by atoms with E-state index in [0.29, 0.717) is 5.92 Å². The lowest BCUT2D eigenvalue weighted by Crippen LogP contribution is -2.60. The van der Waals surface area contributed by atoms with Gasteiger partial charge in [-0.15, -0.1) is 0 Å². The lowest BCUT2D eigenvalue weighted by atomic mass is 9.40. The standard InChI is InChI=1S/C13H20O2/c1-11-3-9-4-12(2,6-11)8-13(5-9,7-11)10(14)15/h9H,3-8H2,1-2H3,(H,14,15)/p-1/t9?,11-,12+,13?. The average molecular weight is 207 g/mol. The summed E-state index contributed by atoms with van der Waals surface area (Å²) in [5, 5.41) is 11.4. The lowest BCUT2D eigenvalue weighted by molar-refractivity contribution is -0.331. The molecule has 15 heavy (non-hydrogen) atoms. The minimum atomic E-state index is -0.774. The van der Waals surface area contributed by atoms with E-state index in [4.69, 9.17) is 0 Å². The zero-order valence-corrected chi connectivity index (χ0v) is 9.64. The molecule has 4 bridgehead atoms. The van der Waals surface area contributed by atoms with Gasteiger partial charge in [-0.1, -0.05) is 13.8 Å². The molecule has 2 heteroatoms. The molecule has 0 aromatic rings. The lowest BCUT2D eigenvalue weighted by Gasteiger charge is -2.65. The van der Waals surface area contributed by atoms with Crippen molar-refractivity contribution in [1.82, 2.24) is 0 Å². The van der Waals surface area contributed by atoms with Crippen LogP contribution in [0.2, 0.25) is 0 Å². The molecule has 0 N–H and O–H groups in total. The molecule has 4 rings (SSSR count). The van der Waals surface area contributed by atoms with Crippen LogP contribution in [0.1, 0.15) is 52.4 Å². The summed E-state index contributed by atoms with van der Waals surface area (Å²) in [6, 6.07) is 0. The highest BCUT2D eigenvalue weighted by molar-refractivity contribution is 5.73. The molecule has 0 spiro atoms. The minimum Gasteiger partial charge on any atom is -0.550 e. The van der Waals surface area contributed by atoms with Gasteiger partial charge in [0.15, 0.2) is 0 Å². The van der Waals surface area contributed by atoms with Crippen LogP contribution >= 0.6 is 0 Å². The van der Waals surface area contributed by atoms with Crippen LogP contribution in [-0.4, -0.2) is 5.97 Å². The maximum Gasteiger partial charge on any atom is 0.0476 e. The molecule has 2 unspecified atom stereocenters. The zero-order chi connectivity index (χ0) is 10.9. The second-order valence-corrected chi connectivity index (χ2v) is 7.20. The predicted octanol–water partition coefficient (Wildman–Crippen LogP) is 1.73. The van der Waals surface area contributed by atoms with E-state index in [1.807, 2.05) is 0 Å². The number of aliphatic carboxylic acids is 1. The van der Waals surface area contributed by atoms with Crippen molar-refractivity contribution in [2.75, 3.05) is 0 Å². The molecule has 4 aliphatic carbocycles. The number of rotatable bonds is 1. The minimum absolute atomic E-state index is 0.286. The van der Waals surface area contributed by atoms with Gasteiger partial charge in [-0.2, -0.15) is 0 Å². The maximum absolute atomic E-state index is 11.4. The van der Waals surface area contributed by atoms with Crippen LogP contribution < -0.4 is 5.11 Å². The fourth-order valence-electron chi connectivity index (χ4n) is 5.68. The molecule has 0 aromatic carbocycles. The molecule has 4 saturated carbocycles. The van der Waals surface area contributed by atoms with Crippen LogP contribution in [0.4, 0.5) is 0 Å². The molecule has 2 nitrogen and oxygen atoms in total. The van der Waals surface area contributed by atoms with Crippen LogP contribution in [0, 0.1) is 22.2 Å².